The molecule has 5 heteroatoms. The van der Waals surface area contributed by atoms with Gasteiger partial charge in [0.05, 0.1) is 25.0 Å². The predicted octanol–water partition coefficient (Wildman–Crippen LogP) is 3.03. The van der Waals surface area contributed by atoms with Crippen LogP contribution < -0.4 is 0 Å². The predicted molar refractivity (Wildman–Crippen MR) is 75.2 cm³/mol. The standard InChI is InChI=1S/C14H14BrN3O/c1-11-10-12(4-5-13(11)15)14(19)18(8-2-6-16)9-3-7-17/h4-5,10H,2-3,8-9H2,1H3. The monoisotopic (exact) mass is 319 g/mol. The number of carbonyl (C=O) groups excluding carboxylic acids is 1. The van der Waals surface area contributed by atoms with Crippen molar-refractivity contribution in [3.8, 4) is 12.1 Å². The number of halogens is 1. The topological polar surface area (TPSA) is 67.9 Å². The number of hydrogen-bond acceptors (Lipinski definition) is 3. The summed E-state index contributed by atoms with van der Waals surface area (Å²) in [4.78, 5) is 13.9. The normalized spacial score (nSPS) is 9.47. The molecule has 0 bridgehead atoms. The molecule has 0 unspecified atom stereocenters. The van der Waals surface area contributed by atoms with Crippen LogP contribution in [0.1, 0.15) is 28.8 Å². The average molecular weight is 320 g/mol. The second-order valence-corrected chi connectivity index (χ2v) is 4.93. The molecule has 0 heterocycles. The molecule has 1 amide bonds. The fourth-order valence-corrected chi connectivity index (χ4v) is 1.89. The third-order valence-corrected chi connectivity index (χ3v) is 3.57. The molecule has 0 aliphatic heterocycles. The Bertz CT molecular complexity index is 525. The number of carbonyl (C=O) groups is 1. The summed E-state index contributed by atoms with van der Waals surface area (Å²) in [6.45, 7) is 2.62. The second kappa shape index (κ2) is 7.56. The third kappa shape index (κ3) is 4.39. The Morgan fingerprint density at radius 3 is 2.32 bits per heavy atom. The lowest BCUT2D eigenvalue weighted by molar-refractivity contribution is 0.0762. The molecule has 0 spiro atoms. The van der Waals surface area contributed by atoms with Crippen LogP contribution in [0.4, 0.5) is 0 Å². The minimum Gasteiger partial charge on any atom is -0.337 e. The Labute approximate surface area is 121 Å². The highest BCUT2D eigenvalue weighted by Gasteiger charge is 2.15. The number of rotatable bonds is 5. The van der Waals surface area contributed by atoms with Gasteiger partial charge in [-0.25, -0.2) is 0 Å². The largest absolute Gasteiger partial charge is 0.337 e. The molecule has 1 aromatic carbocycles. The van der Waals surface area contributed by atoms with E-state index >= 15 is 0 Å². The van der Waals surface area contributed by atoms with Crippen molar-refractivity contribution in [2.45, 2.75) is 19.8 Å². The van der Waals surface area contributed by atoms with E-state index in [0.29, 0.717) is 18.7 Å². The first-order valence-electron chi connectivity index (χ1n) is 5.89. The highest BCUT2D eigenvalue weighted by Crippen LogP contribution is 2.18. The first kappa shape index (κ1) is 15.2. The molecule has 0 atom stereocenters. The van der Waals surface area contributed by atoms with E-state index < -0.39 is 0 Å². The van der Waals surface area contributed by atoms with Crippen LogP contribution in [-0.2, 0) is 0 Å². The van der Waals surface area contributed by atoms with Crippen LogP contribution in [0.5, 0.6) is 0 Å². The van der Waals surface area contributed by atoms with Gasteiger partial charge >= 0.3 is 0 Å². The summed E-state index contributed by atoms with van der Waals surface area (Å²) in [6, 6.07) is 9.41. The maximum atomic E-state index is 12.3. The number of benzene rings is 1. The molecule has 0 radical (unpaired) electrons. The van der Waals surface area contributed by atoms with Crippen molar-refractivity contribution < 1.29 is 4.79 Å². The molecule has 19 heavy (non-hydrogen) atoms. The van der Waals surface area contributed by atoms with Crippen LogP contribution in [-0.4, -0.2) is 23.9 Å². The number of aryl methyl sites for hydroxylation is 1. The fourth-order valence-electron chi connectivity index (χ4n) is 1.65. The van der Waals surface area contributed by atoms with Gasteiger partial charge in [-0.15, -0.1) is 0 Å². The van der Waals surface area contributed by atoms with Crippen LogP contribution in [0.25, 0.3) is 0 Å². The van der Waals surface area contributed by atoms with Gasteiger partial charge in [0.15, 0.2) is 0 Å². The van der Waals surface area contributed by atoms with Gasteiger partial charge in [-0.05, 0) is 30.7 Å². The SMILES string of the molecule is Cc1cc(C(=O)N(CCC#N)CCC#N)ccc1Br. The molecule has 4 nitrogen and oxygen atoms in total. The van der Waals surface area contributed by atoms with E-state index in [4.69, 9.17) is 10.5 Å². The van der Waals surface area contributed by atoms with Crippen LogP contribution >= 0.6 is 15.9 Å². The van der Waals surface area contributed by atoms with Gasteiger partial charge in [0, 0.05) is 23.1 Å². The van der Waals surface area contributed by atoms with Crippen LogP contribution in [0, 0.1) is 29.6 Å². The molecule has 0 aliphatic carbocycles. The maximum Gasteiger partial charge on any atom is 0.253 e. The Morgan fingerprint density at radius 2 is 1.84 bits per heavy atom. The molecule has 0 aliphatic rings. The van der Waals surface area contributed by atoms with E-state index in [1.165, 1.54) is 0 Å². The molecule has 98 valence electrons. The molecule has 1 aromatic rings. The smallest absolute Gasteiger partial charge is 0.253 e. The lowest BCUT2D eigenvalue weighted by Gasteiger charge is -2.20. The molecule has 0 fully saturated rings. The second-order valence-electron chi connectivity index (χ2n) is 4.07. The van der Waals surface area contributed by atoms with Crippen molar-refractivity contribution in [2.24, 2.45) is 0 Å². The first-order valence-corrected chi connectivity index (χ1v) is 6.68. The van der Waals surface area contributed by atoms with Gasteiger partial charge in [0.1, 0.15) is 0 Å². The molecule has 0 N–H and O–H groups in total. The van der Waals surface area contributed by atoms with Crippen LogP contribution in [0.15, 0.2) is 22.7 Å². The zero-order valence-corrected chi connectivity index (χ0v) is 12.3. The van der Waals surface area contributed by atoms with Crippen molar-refractivity contribution in [3.63, 3.8) is 0 Å². The lowest BCUT2D eigenvalue weighted by atomic mass is 10.1. The highest BCUT2D eigenvalue weighted by atomic mass is 79.9. The Morgan fingerprint density at radius 1 is 1.26 bits per heavy atom. The zero-order chi connectivity index (χ0) is 14.3. The van der Waals surface area contributed by atoms with Gasteiger partial charge in [0.2, 0.25) is 0 Å². The Kier molecular flexibility index (Phi) is 6.05. The average Bonchev–Trinajstić information content (AvgIpc) is 2.41. The van der Waals surface area contributed by atoms with Crippen LogP contribution in [0.2, 0.25) is 0 Å². The van der Waals surface area contributed by atoms with Gasteiger partial charge in [-0.3, -0.25) is 4.79 Å². The van der Waals surface area contributed by atoms with Crippen molar-refractivity contribution >= 4 is 21.8 Å². The van der Waals surface area contributed by atoms with Crippen LogP contribution in [0.3, 0.4) is 0 Å². The van der Waals surface area contributed by atoms with Crippen molar-refractivity contribution in [3.05, 3.63) is 33.8 Å². The van der Waals surface area contributed by atoms with Crippen molar-refractivity contribution in [2.75, 3.05) is 13.1 Å². The van der Waals surface area contributed by atoms with E-state index in [0.717, 1.165) is 10.0 Å². The third-order valence-electron chi connectivity index (χ3n) is 2.68. The van der Waals surface area contributed by atoms with Gasteiger partial charge < -0.3 is 4.90 Å². The van der Waals surface area contributed by atoms with E-state index in [1.807, 2.05) is 25.1 Å². The minimum absolute atomic E-state index is 0.138. The highest BCUT2D eigenvalue weighted by molar-refractivity contribution is 9.10. The molecule has 1 rings (SSSR count). The molecule has 0 saturated carbocycles. The summed E-state index contributed by atoms with van der Waals surface area (Å²) in [5, 5.41) is 17.2. The number of nitriles is 2. The number of amides is 1. The van der Waals surface area contributed by atoms with E-state index in [9.17, 15) is 4.79 Å². The van der Waals surface area contributed by atoms with Crippen molar-refractivity contribution in [1.82, 2.24) is 4.90 Å². The molecular weight excluding hydrogens is 306 g/mol. The van der Waals surface area contributed by atoms with Crippen molar-refractivity contribution in [1.29, 1.82) is 10.5 Å². The summed E-state index contributed by atoms with van der Waals surface area (Å²) in [5.74, 6) is -0.138. The first-order chi connectivity index (χ1) is 9.10. The van der Waals surface area contributed by atoms with Gasteiger partial charge in [-0.1, -0.05) is 15.9 Å². The van der Waals surface area contributed by atoms with E-state index in [-0.39, 0.29) is 18.7 Å². The Hall–Kier alpha value is -1.85. The summed E-state index contributed by atoms with van der Waals surface area (Å²) < 4.78 is 0.949. The minimum atomic E-state index is -0.138. The fraction of sp³-hybridized carbons (Fsp3) is 0.357. The molecule has 0 aromatic heterocycles. The van der Waals surface area contributed by atoms with Gasteiger partial charge in [0.25, 0.3) is 5.91 Å². The van der Waals surface area contributed by atoms with E-state index in [2.05, 4.69) is 15.9 Å². The zero-order valence-electron chi connectivity index (χ0n) is 10.7. The lowest BCUT2D eigenvalue weighted by Crippen LogP contribution is -2.32. The summed E-state index contributed by atoms with van der Waals surface area (Å²) >= 11 is 3.39. The number of hydrogen-bond donors (Lipinski definition) is 0. The molecule has 0 saturated heterocycles. The summed E-state index contributed by atoms with van der Waals surface area (Å²) in [6.07, 6.45) is 0.541. The Balaban J connectivity index is 2.88. The summed E-state index contributed by atoms with van der Waals surface area (Å²) in [7, 11) is 0. The summed E-state index contributed by atoms with van der Waals surface area (Å²) in [5.41, 5.74) is 1.56. The number of nitrogens with zero attached hydrogens (tertiary/aromatic N) is 3. The van der Waals surface area contributed by atoms with E-state index in [1.54, 1.807) is 17.0 Å². The maximum absolute atomic E-state index is 12.3. The quantitative estimate of drug-likeness (QED) is 0.837. The van der Waals surface area contributed by atoms with Gasteiger partial charge in [-0.2, -0.15) is 10.5 Å². The molecular formula is C14H14BrN3O.